The van der Waals surface area contributed by atoms with Gasteiger partial charge in [0.1, 0.15) is 12.4 Å². The van der Waals surface area contributed by atoms with Crippen LogP contribution in [0.15, 0.2) is 42.5 Å². The van der Waals surface area contributed by atoms with Gasteiger partial charge < -0.3 is 18.9 Å². The van der Waals surface area contributed by atoms with Crippen LogP contribution in [-0.4, -0.2) is 27.3 Å². The molecule has 0 aliphatic rings. The molecule has 0 heterocycles. The van der Waals surface area contributed by atoms with Gasteiger partial charge in [-0.15, -0.1) is 0 Å². The van der Waals surface area contributed by atoms with Gasteiger partial charge in [-0.3, -0.25) is 0 Å². The summed E-state index contributed by atoms with van der Waals surface area (Å²) in [6, 6.07) is 12.5. The maximum Gasteiger partial charge on any atom is 0.337 e. The van der Waals surface area contributed by atoms with Crippen LogP contribution in [0.5, 0.6) is 17.2 Å². The molecule has 0 aliphatic heterocycles. The van der Waals surface area contributed by atoms with Crippen LogP contribution in [0.4, 0.5) is 0 Å². The van der Waals surface area contributed by atoms with E-state index in [1.165, 1.54) is 14.2 Å². The zero-order valence-corrected chi connectivity index (χ0v) is 12.8. The molecule has 2 rings (SSSR count). The second kappa shape index (κ2) is 7.36. The standard InChI is InChI=1S/C17H18O5/c1-19-14-6-4-5-12(9-14)11-22-15-8-7-13(17(18)21-3)10-16(15)20-2/h4-10H,11H2,1-3H3. The van der Waals surface area contributed by atoms with E-state index in [1.807, 2.05) is 24.3 Å². The Labute approximate surface area is 129 Å². The molecule has 2 aromatic rings. The number of esters is 1. The van der Waals surface area contributed by atoms with Crippen molar-refractivity contribution in [3.05, 3.63) is 53.6 Å². The van der Waals surface area contributed by atoms with Gasteiger partial charge in [0.25, 0.3) is 0 Å². The van der Waals surface area contributed by atoms with Gasteiger partial charge in [0.2, 0.25) is 0 Å². The van der Waals surface area contributed by atoms with Crippen molar-refractivity contribution in [2.45, 2.75) is 6.61 Å². The molecule has 0 radical (unpaired) electrons. The third-order valence-electron chi connectivity index (χ3n) is 3.11. The summed E-state index contributed by atoms with van der Waals surface area (Å²) in [4.78, 5) is 11.5. The van der Waals surface area contributed by atoms with E-state index in [0.717, 1.165) is 11.3 Å². The SMILES string of the molecule is COC(=O)c1ccc(OCc2cccc(OC)c2)c(OC)c1. The number of carbonyl (C=O) groups is 1. The summed E-state index contributed by atoms with van der Waals surface area (Å²) in [5.74, 6) is 1.38. The summed E-state index contributed by atoms with van der Waals surface area (Å²) in [5, 5.41) is 0. The minimum absolute atomic E-state index is 0.366. The van der Waals surface area contributed by atoms with Gasteiger partial charge in [-0.1, -0.05) is 12.1 Å². The molecule has 0 unspecified atom stereocenters. The summed E-state index contributed by atoms with van der Waals surface area (Å²) < 4.78 is 20.9. The van der Waals surface area contributed by atoms with Crippen LogP contribution in [0, 0.1) is 0 Å². The molecule has 22 heavy (non-hydrogen) atoms. The van der Waals surface area contributed by atoms with E-state index >= 15 is 0 Å². The van der Waals surface area contributed by atoms with Gasteiger partial charge in [0.05, 0.1) is 26.9 Å². The Morgan fingerprint density at radius 2 is 1.77 bits per heavy atom. The first kappa shape index (κ1) is 15.7. The Morgan fingerprint density at radius 3 is 2.45 bits per heavy atom. The summed E-state index contributed by atoms with van der Waals surface area (Å²) in [6.07, 6.45) is 0. The number of carbonyl (C=O) groups excluding carboxylic acids is 1. The van der Waals surface area contributed by atoms with Crippen molar-refractivity contribution in [3.63, 3.8) is 0 Å². The highest BCUT2D eigenvalue weighted by molar-refractivity contribution is 5.90. The molecule has 0 amide bonds. The van der Waals surface area contributed by atoms with E-state index < -0.39 is 5.97 Å². The fourth-order valence-corrected chi connectivity index (χ4v) is 1.95. The molecule has 0 bridgehead atoms. The summed E-state index contributed by atoms with van der Waals surface area (Å²) in [7, 11) is 4.48. The highest BCUT2D eigenvalue weighted by Crippen LogP contribution is 2.29. The maximum absolute atomic E-state index is 11.5. The molecule has 0 aliphatic carbocycles. The lowest BCUT2D eigenvalue weighted by Crippen LogP contribution is -2.03. The lowest BCUT2D eigenvalue weighted by molar-refractivity contribution is 0.0600. The Hall–Kier alpha value is -2.69. The summed E-state index contributed by atoms with van der Waals surface area (Å²) in [6.45, 7) is 0.366. The first-order valence-electron chi connectivity index (χ1n) is 6.70. The van der Waals surface area contributed by atoms with Crippen molar-refractivity contribution in [1.29, 1.82) is 0 Å². The molecule has 0 saturated carbocycles. The fourth-order valence-electron chi connectivity index (χ4n) is 1.95. The van der Waals surface area contributed by atoms with Crippen molar-refractivity contribution < 1.29 is 23.7 Å². The maximum atomic E-state index is 11.5. The van der Waals surface area contributed by atoms with Crippen LogP contribution >= 0.6 is 0 Å². The minimum atomic E-state index is -0.419. The molecular formula is C17H18O5. The summed E-state index contributed by atoms with van der Waals surface area (Å²) in [5.41, 5.74) is 1.38. The second-order valence-electron chi connectivity index (χ2n) is 4.50. The predicted molar refractivity (Wildman–Crippen MR) is 81.7 cm³/mol. The minimum Gasteiger partial charge on any atom is -0.497 e. The number of benzene rings is 2. The normalized spacial score (nSPS) is 9.95. The van der Waals surface area contributed by atoms with Gasteiger partial charge >= 0.3 is 5.97 Å². The number of ether oxygens (including phenoxy) is 4. The number of hydrogen-bond donors (Lipinski definition) is 0. The number of hydrogen-bond acceptors (Lipinski definition) is 5. The van der Waals surface area contributed by atoms with Gasteiger partial charge in [0.15, 0.2) is 11.5 Å². The monoisotopic (exact) mass is 302 g/mol. The van der Waals surface area contributed by atoms with Gasteiger partial charge in [-0.25, -0.2) is 4.79 Å². The molecule has 2 aromatic carbocycles. The van der Waals surface area contributed by atoms with E-state index in [1.54, 1.807) is 25.3 Å². The van der Waals surface area contributed by atoms with Gasteiger partial charge in [0, 0.05) is 0 Å². The smallest absolute Gasteiger partial charge is 0.337 e. The highest BCUT2D eigenvalue weighted by atomic mass is 16.5. The number of rotatable bonds is 6. The van der Waals surface area contributed by atoms with Crippen LogP contribution in [0.1, 0.15) is 15.9 Å². The quantitative estimate of drug-likeness (QED) is 0.768. The van der Waals surface area contributed by atoms with Crippen LogP contribution in [0.2, 0.25) is 0 Å². The van der Waals surface area contributed by atoms with Gasteiger partial charge in [-0.05, 0) is 35.9 Å². The topological polar surface area (TPSA) is 54.0 Å². The molecular weight excluding hydrogens is 284 g/mol. The molecule has 0 spiro atoms. The van der Waals surface area contributed by atoms with Crippen molar-refractivity contribution in [2.75, 3.05) is 21.3 Å². The lowest BCUT2D eigenvalue weighted by atomic mass is 10.2. The molecule has 0 fully saturated rings. The Balaban J connectivity index is 2.13. The number of methoxy groups -OCH3 is 3. The highest BCUT2D eigenvalue weighted by Gasteiger charge is 2.11. The van der Waals surface area contributed by atoms with E-state index in [2.05, 4.69) is 4.74 Å². The average molecular weight is 302 g/mol. The molecule has 0 N–H and O–H groups in total. The largest absolute Gasteiger partial charge is 0.497 e. The van der Waals surface area contributed by atoms with Crippen LogP contribution in [-0.2, 0) is 11.3 Å². The van der Waals surface area contributed by atoms with E-state index in [4.69, 9.17) is 14.2 Å². The lowest BCUT2D eigenvalue weighted by Gasteiger charge is -2.12. The summed E-state index contributed by atoms with van der Waals surface area (Å²) >= 11 is 0. The van der Waals surface area contributed by atoms with Crippen LogP contribution in [0.3, 0.4) is 0 Å². The Bertz CT molecular complexity index is 651. The Morgan fingerprint density at radius 1 is 0.955 bits per heavy atom. The molecule has 0 aromatic heterocycles. The zero-order chi connectivity index (χ0) is 15.9. The second-order valence-corrected chi connectivity index (χ2v) is 4.50. The molecule has 0 saturated heterocycles. The fraction of sp³-hybridized carbons (Fsp3) is 0.235. The van der Waals surface area contributed by atoms with Crippen LogP contribution in [0.25, 0.3) is 0 Å². The van der Waals surface area contributed by atoms with Gasteiger partial charge in [-0.2, -0.15) is 0 Å². The molecule has 5 heteroatoms. The van der Waals surface area contributed by atoms with Crippen molar-refractivity contribution in [3.8, 4) is 17.2 Å². The van der Waals surface area contributed by atoms with Crippen molar-refractivity contribution >= 4 is 5.97 Å². The van der Waals surface area contributed by atoms with Crippen molar-refractivity contribution in [2.24, 2.45) is 0 Å². The van der Waals surface area contributed by atoms with E-state index in [0.29, 0.717) is 23.7 Å². The first-order chi connectivity index (χ1) is 10.7. The molecule has 116 valence electrons. The Kier molecular flexibility index (Phi) is 5.25. The molecule has 0 atom stereocenters. The third kappa shape index (κ3) is 3.69. The van der Waals surface area contributed by atoms with E-state index in [9.17, 15) is 4.79 Å². The zero-order valence-electron chi connectivity index (χ0n) is 12.8. The molecule has 5 nitrogen and oxygen atoms in total. The van der Waals surface area contributed by atoms with E-state index in [-0.39, 0.29) is 0 Å². The van der Waals surface area contributed by atoms with Crippen LogP contribution < -0.4 is 14.2 Å². The first-order valence-corrected chi connectivity index (χ1v) is 6.70. The third-order valence-corrected chi connectivity index (χ3v) is 3.11. The van der Waals surface area contributed by atoms with Crippen molar-refractivity contribution in [1.82, 2.24) is 0 Å². The average Bonchev–Trinajstić information content (AvgIpc) is 2.59. The predicted octanol–water partition coefficient (Wildman–Crippen LogP) is 3.07.